The van der Waals surface area contributed by atoms with Gasteiger partial charge < -0.3 is 9.30 Å². The number of halogens is 1. The fourth-order valence-corrected chi connectivity index (χ4v) is 1.92. The number of rotatable bonds is 3. The molecule has 118 valence electrons. The fourth-order valence-electron chi connectivity index (χ4n) is 1.76. The molecule has 0 spiro atoms. The topological polar surface area (TPSA) is 44.1 Å². The van der Waals surface area contributed by atoms with E-state index in [2.05, 4.69) is 4.98 Å². The van der Waals surface area contributed by atoms with E-state index in [1.807, 2.05) is 36.0 Å². The molecular weight excluding hydrogens is 312 g/mol. The van der Waals surface area contributed by atoms with E-state index in [1.54, 1.807) is 48.9 Å². The van der Waals surface area contributed by atoms with Gasteiger partial charge in [-0.3, -0.25) is 0 Å². The summed E-state index contributed by atoms with van der Waals surface area (Å²) in [6, 6.07) is 16.1. The van der Waals surface area contributed by atoms with Crippen LogP contribution in [0.2, 0.25) is 0 Å². The van der Waals surface area contributed by atoms with E-state index in [-0.39, 0.29) is 5.97 Å². The van der Waals surface area contributed by atoms with Crippen LogP contribution in [0.5, 0.6) is 5.75 Å². The molecule has 3 rings (SSSR count). The molecule has 0 saturated carbocycles. The van der Waals surface area contributed by atoms with Crippen molar-refractivity contribution in [2.24, 2.45) is 7.05 Å². The van der Waals surface area contributed by atoms with Crippen LogP contribution >= 0.6 is 11.6 Å². The van der Waals surface area contributed by atoms with Crippen LogP contribution in [-0.4, -0.2) is 15.5 Å². The molecule has 5 heteroatoms. The summed E-state index contributed by atoms with van der Waals surface area (Å²) in [5.41, 5.74) is 1.45. The Morgan fingerprint density at radius 2 is 1.96 bits per heavy atom. The van der Waals surface area contributed by atoms with Gasteiger partial charge >= 0.3 is 5.97 Å². The number of aryl methyl sites for hydroxylation is 1. The number of nitrogens with zero attached hydrogens (tertiary/aromatic N) is 2. The summed E-state index contributed by atoms with van der Waals surface area (Å²) in [4.78, 5) is 15.5. The van der Waals surface area contributed by atoms with E-state index in [9.17, 15) is 4.79 Å². The molecule has 0 amide bonds. The molecule has 0 aliphatic carbocycles. The van der Waals surface area contributed by atoms with Crippen LogP contribution < -0.4 is 4.74 Å². The minimum absolute atomic E-state index is 0.364. The minimum atomic E-state index is -0.364. The van der Waals surface area contributed by atoms with Gasteiger partial charge in [0.1, 0.15) is 5.75 Å². The monoisotopic (exact) mass is 328 g/mol. The first kappa shape index (κ1) is 16.8. The Labute approximate surface area is 140 Å². The first-order valence-corrected chi connectivity index (χ1v) is 7.56. The molecule has 0 saturated heterocycles. The highest BCUT2D eigenvalue weighted by atomic mass is 35.5. The summed E-state index contributed by atoms with van der Waals surface area (Å²) in [5, 5.41) is 0. The molecule has 1 aromatic heterocycles. The fraction of sp³-hybridized carbons (Fsp3) is 0.111. The largest absolute Gasteiger partial charge is 0.423 e. The maximum absolute atomic E-state index is 11.8. The summed E-state index contributed by atoms with van der Waals surface area (Å²) < 4.78 is 7.13. The number of aromatic nitrogens is 2. The third kappa shape index (κ3) is 5.60. The summed E-state index contributed by atoms with van der Waals surface area (Å²) in [6.07, 6.45) is 5.39. The van der Waals surface area contributed by atoms with Gasteiger partial charge in [0.05, 0.1) is 11.9 Å². The zero-order valence-corrected chi connectivity index (χ0v) is 13.5. The highest BCUT2D eigenvalue weighted by Gasteiger charge is 2.07. The SMILES string of the molecule is Cn1ccnc1.O=C(Oc1cccc(CCl)c1)c1ccccc1. The van der Waals surface area contributed by atoms with Gasteiger partial charge in [-0.1, -0.05) is 30.3 Å². The number of carbonyl (C=O) groups excluding carboxylic acids is 1. The number of carbonyl (C=O) groups is 1. The summed E-state index contributed by atoms with van der Waals surface area (Å²) >= 11 is 5.71. The lowest BCUT2D eigenvalue weighted by molar-refractivity contribution is 0.0734. The van der Waals surface area contributed by atoms with E-state index in [4.69, 9.17) is 16.3 Å². The average Bonchev–Trinajstić information content (AvgIpc) is 3.07. The number of ether oxygens (including phenoxy) is 1. The number of esters is 1. The smallest absolute Gasteiger partial charge is 0.343 e. The average molecular weight is 329 g/mol. The molecule has 3 aromatic rings. The van der Waals surface area contributed by atoms with Crippen LogP contribution in [0.25, 0.3) is 0 Å². The summed E-state index contributed by atoms with van der Waals surface area (Å²) in [5.74, 6) is 0.547. The number of alkyl halides is 1. The zero-order valence-electron chi connectivity index (χ0n) is 12.7. The molecule has 0 atom stereocenters. The quantitative estimate of drug-likeness (QED) is 0.413. The third-order valence-electron chi connectivity index (χ3n) is 2.91. The van der Waals surface area contributed by atoms with E-state index in [1.165, 1.54) is 0 Å². The lowest BCUT2D eigenvalue weighted by Gasteiger charge is -2.05. The van der Waals surface area contributed by atoms with Crippen molar-refractivity contribution in [1.82, 2.24) is 9.55 Å². The molecule has 1 heterocycles. The van der Waals surface area contributed by atoms with Gasteiger partial charge in [0.2, 0.25) is 0 Å². The van der Waals surface area contributed by atoms with Crippen molar-refractivity contribution in [3.8, 4) is 5.75 Å². The van der Waals surface area contributed by atoms with Gasteiger partial charge in [-0.25, -0.2) is 9.78 Å². The molecule has 0 bridgehead atoms. The van der Waals surface area contributed by atoms with Crippen molar-refractivity contribution in [1.29, 1.82) is 0 Å². The Bertz CT molecular complexity index is 728. The van der Waals surface area contributed by atoms with Crippen LogP contribution in [0.1, 0.15) is 15.9 Å². The Hall–Kier alpha value is -2.59. The Morgan fingerprint density at radius 3 is 2.52 bits per heavy atom. The normalized spacial score (nSPS) is 9.65. The first-order chi connectivity index (χ1) is 11.2. The molecule has 2 aromatic carbocycles. The zero-order chi connectivity index (χ0) is 16.5. The van der Waals surface area contributed by atoms with Gasteiger partial charge in [-0.05, 0) is 29.8 Å². The Morgan fingerprint density at radius 1 is 1.17 bits per heavy atom. The van der Waals surface area contributed by atoms with Crippen LogP contribution in [0.4, 0.5) is 0 Å². The van der Waals surface area contributed by atoms with Gasteiger partial charge in [-0.2, -0.15) is 0 Å². The lowest BCUT2D eigenvalue weighted by atomic mass is 10.2. The highest BCUT2D eigenvalue weighted by molar-refractivity contribution is 6.17. The van der Waals surface area contributed by atoms with Crippen LogP contribution in [0.3, 0.4) is 0 Å². The van der Waals surface area contributed by atoms with Crippen LogP contribution in [0.15, 0.2) is 73.3 Å². The summed E-state index contributed by atoms with van der Waals surface area (Å²) in [7, 11) is 1.94. The number of hydrogen-bond donors (Lipinski definition) is 0. The second-order valence-electron chi connectivity index (χ2n) is 4.76. The van der Waals surface area contributed by atoms with Crippen LogP contribution in [0, 0.1) is 0 Å². The molecule has 0 radical (unpaired) electrons. The van der Waals surface area contributed by atoms with E-state index < -0.39 is 0 Å². The first-order valence-electron chi connectivity index (χ1n) is 7.03. The third-order valence-corrected chi connectivity index (χ3v) is 3.22. The second kappa shape index (κ2) is 8.76. The van der Waals surface area contributed by atoms with Gasteiger partial charge in [0.25, 0.3) is 0 Å². The second-order valence-corrected chi connectivity index (χ2v) is 5.03. The predicted octanol–water partition coefficient (Wildman–Crippen LogP) is 4.06. The number of hydrogen-bond acceptors (Lipinski definition) is 3. The van der Waals surface area contributed by atoms with E-state index >= 15 is 0 Å². The molecular formula is C18H17ClN2O2. The number of imidazole rings is 1. The molecule has 0 unspecified atom stereocenters. The van der Waals surface area contributed by atoms with Crippen molar-refractivity contribution in [2.75, 3.05) is 0 Å². The van der Waals surface area contributed by atoms with Crippen molar-refractivity contribution < 1.29 is 9.53 Å². The van der Waals surface area contributed by atoms with Gasteiger partial charge in [0.15, 0.2) is 0 Å². The standard InChI is InChI=1S/C14H11ClO2.C4H6N2/c15-10-11-5-4-8-13(9-11)17-14(16)12-6-2-1-3-7-12;1-6-3-2-5-4-6/h1-9H,10H2;2-4H,1H3. The molecule has 4 nitrogen and oxygen atoms in total. The maximum atomic E-state index is 11.8. The van der Waals surface area contributed by atoms with Gasteiger partial charge in [0, 0.05) is 25.3 Å². The maximum Gasteiger partial charge on any atom is 0.343 e. The Balaban J connectivity index is 0.000000268. The molecule has 23 heavy (non-hydrogen) atoms. The minimum Gasteiger partial charge on any atom is -0.423 e. The predicted molar refractivity (Wildman–Crippen MR) is 90.6 cm³/mol. The molecule has 0 aliphatic rings. The van der Waals surface area contributed by atoms with E-state index in [0.29, 0.717) is 17.2 Å². The summed E-state index contributed by atoms with van der Waals surface area (Å²) in [6.45, 7) is 0. The highest BCUT2D eigenvalue weighted by Crippen LogP contribution is 2.16. The Kier molecular flexibility index (Phi) is 6.39. The van der Waals surface area contributed by atoms with Crippen molar-refractivity contribution in [3.63, 3.8) is 0 Å². The van der Waals surface area contributed by atoms with Gasteiger partial charge in [-0.15, -0.1) is 11.6 Å². The van der Waals surface area contributed by atoms with Crippen LogP contribution in [-0.2, 0) is 12.9 Å². The molecule has 0 aliphatic heterocycles. The van der Waals surface area contributed by atoms with Crippen molar-refractivity contribution in [3.05, 3.63) is 84.4 Å². The lowest BCUT2D eigenvalue weighted by Crippen LogP contribution is -2.08. The van der Waals surface area contributed by atoms with E-state index in [0.717, 1.165) is 5.56 Å². The molecule has 0 N–H and O–H groups in total. The van der Waals surface area contributed by atoms with Crippen molar-refractivity contribution >= 4 is 17.6 Å². The number of benzene rings is 2. The van der Waals surface area contributed by atoms with Crippen molar-refractivity contribution in [2.45, 2.75) is 5.88 Å². The molecule has 0 fully saturated rings.